The number of amides is 2. The van der Waals surface area contributed by atoms with Crippen LogP contribution in [0.2, 0.25) is 10.0 Å². The molecule has 53 heavy (non-hydrogen) atoms. The number of nitrogens with zero attached hydrogens (tertiary/aromatic N) is 4. The summed E-state index contributed by atoms with van der Waals surface area (Å²) in [7, 11) is 3.48. The number of hydrogen-bond acceptors (Lipinski definition) is 7. The molecule has 0 saturated carbocycles. The summed E-state index contributed by atoms with van der Waals surface area (Å²) < 4.78 is 20.9. The molecule has 3 N–H and O–H groups in total. The van der Waals surface area contributed by atoms with Crippen molar-refractivity contribution in [3.05, 3.63) is 117 Å². The zero-order chi connectivity index (χ0) is 37.1. The Morgan fingerprint density at radius 3 is 2.64 bits per heavy atom. The number of fused-ring (bicyclic) bond motifs is 1. The number of imidazole rings is 1. The van der Waals surface area contributed by atoms with Gasteiger partial charge in [-0.05, 0) is 48.7 Å². The van der Waals surface area contributed by atoms with Gasteiger partial charge in [-0.15, -0.1) is 0 Å². The number of methoxy groups -OCH3 is 1. The summed E-state index contributed by atoms with van der Waals surface area (Å²) >= 11 is 14.0. The minimum absolute atomic E-state index is 0.0932. The lowest BCUT2D eigenvalue weighted by Gasteiger charge is -2.26. The molecule has 0 bridgehead atoms. The van der Waals surface area contributed by atoms with Crippen molar-refractivity contribution in [3.63, 3.8) is 0 Å². The Morgan fingerprint density at radius 1 is 1.06 bits per heavy atom. The van der Waals surface area contributed by atoms with Crippen LogP contribution in [0.3, 0.4) is 0 Å². The van der Waals surface area contributed by atoms with Gasteiger partial charge in [-0.2, -0.15) is 0 Å². The van der Waals surface area contributed by atoms with Gasteiger partial charge in [-0.25, -0.2) is 9.37 Å². The van der Waals surface area contributed by atoms with Crippen molar-refractivity contribution in [3.8, 4) is 28.1 Å². The van der Waals surface area contributed by atoms with Crippen LogP contribution in [0.25, 0.3) is 22.4 Å². The maximum atomic E-state index is 13.6. The van der Waals surface area contributed by atoms with Gasteiger partial charge in [0.2, 0.25) is 5.91 Å². The van der Waals surface area contributed by atoms with Gasteiger partial charge in [-0.1, -0.05) is 59.6 Å². The van der Waals surface area contributed by atoms with Gasteiger partial charge >= 0.3 is 0 Å². The largest absolute Gasteiger partial charge is 0.496 e. The van der Waals surface area contributed by atoms with E-state index in [1.54, 1.807) is 25.4 Å². The molecule has 0 aliphatic carbocycles. The third-order valence-electron chi connectivity index (χ3n) is 9.95. The van der Waals surface area contributed by atoms with Crippen molar-refractivity contribution in [1.82, 2.24) is 30.1 Å². The van der Waals surface area contributed by atoms with E-state index >= 15 is 0 Å². The third-order valence-corrected chi connectivity index (χ3v) is 10.7. The smallest absolute Gasteiger partial charge is 0.291 e. The lowest BCUT2D eigenvalue weighted by atomic mass is 10.0. The number of pyridine rings is 1. The van der Waals surface area contributed by atoms with Crippen molar-refractivity contribution in [2.24, 2.45) is 7.05 Å². The van der Waals surface area contributed by atoms with Crippen LogP contribution < -0.4 is 20.7 Å². The molecular formula is C40H40Cl2FN7O3. The topological polar surface area (TPSA) is 113 Å². The lowest BCUT2D eigenvalue weighted by Crippen LogP contribution is -2.35. The normalized spacial score (nSPS) is 15.6. The van der Waals surface area contributed by atoms with Gasteiger partial charge in [0.1, 0.15) is 11.6 Å². The van der Waals surface area contributed by atoms with Crippen molar-refractivity contribution in [1.29, 1.82) is 0 Å². The second-order valence-corrected chi connectivity index (χ2v) is 14.1. The van der Waals surface area contributed by atoms with Gasteiger partial charge in [-0.3, -0.25) is 19.5 Å². The van der Waals surface area contributed by atoms with Crippen molar-refractivity contribution >= 4 is 40.7 Å². The molecule has 2 aromatic heterocycles. The van der Waals surface area contributed by atoms with Gasteiger partial charge in [0.25, 0.3) is 5.91 Å². The molecule has 2 aliphatic heterocycles. The van der Waals surface area contributed by atoms with Crippen LogP contribution in [0.1, 0.15) is 46.0 Å². The molecule has 274 valence electrons. The Hall–Kier alpha value is -4.81. The summed E-state index contributed by atoms with van der Waals surface area (Å²) in [4.78, 5) is 36.8. The van der Waals surface area contributed by atoms with E-state index in [0.717, 1.165) is 60.4 Å². The highest BCUT2D eigenvalue weighted by Crippen LogP contribution is 2.41. The Balaban J connectivity index is 1.05. The Morgan fingerprint density at radius 2 is 1.87 bits per heavy atom. The molecule has 2 amide bonds. The second kappa shape index (κ2) is 16.1. The quantitative estimate of drug-likeness (QED) is 0.128. The summed E-state index contributed by atoms with van der Waals surface area (Å²) in [6, 6.07) is 19.8. The molecule has 4 heterocycles. The molecule has 0 radical (unpaired) electrons. The van der Waals surface area contributed by atoms with Crippen LogP contribution in [0.5, 0.6) is 5.75 Å². The summed E-state index contributed by atoms with van der Waals surface area (Å²) in [6.07, 6.45) is 4.64. The molecular weight excluding hydrogens is 716 g/mol. The second-order valence-electron chi connectivity index (χ2n) is 13.4. The van der Waals surface area contributed by atoms with Crippen LogP contribution in [0, 0.1) is 5.82 Å². The van der Waals surface area contributed by atoms with Gasteiger partial charge < -0.3 is 25.3 Å². The zero-order valence-electron chi connectivity index (χ0n) is 29.5. The fourth-order valence-electron chi connectivity index (χ4n) is 7.03. The van der Waals surface area contributed by atoms with E-state index in [1.165, 1.54) is 12.1 Å². The number of anilines is 1. The molecule has 2 aliphatic rings. The molecule has 5 aromatic rings. The van der Waals surface area contributed by atoms with Crippen LogP contribution in [0.4, 0.5) is 10.1 Å². The van der Waals surface area contributed by atoms with Crippen LogP contribution in [0.15, 0.2) is 72.9 Å². The predicted octanol–water partition coefficient (Wildman–Crippen LogP) is 6.82. The van der Waals surface area contributed by atoms with E-state index in [4.69, 9.17) is 32.9 Å². The molecule has 13 heteroatoms. The van der Waals surface area contributed by atoms with Crippen molar-refractivity contribution < 1.29 is 18.7 Å². The van der Waals surface area contributed by atoms with Crippen LogP contribution >= 0.6 is 23.2 Å². The first-order valence-electron chi connectivity index (χ1n) is 17.6. The van der Waals surface area contributed by atoms with Gasteiger partial charge in [0.05, 0.1) is 34.2 Å². The Bertz CT molecular complexity index is 2160. The molecule has 1 saturated heterocycles. The average molecular weight is 757 g/mol. The molecule has 0 spiro atoms. The summed E-state index contributed by atoms with van der Waals surface area (Å²) in [5.41, 5.74) is 7.01. The molecule has 1 fully saturated rings. The highest BCUT2D eigenvalue weighted by molar-refractivity contribution is 6.39. The van der Waals surface area contributed by atoms with Crippen molar-refractivity contribution in [2.45, 2.75) is 44.8 Å². The lowest BCUT2D eigenvalue weighted by molar-refractivity contribution is -0.119. The highest BCUT2D eigenvalue weighted by Gasteiger charge is 2.26. The number of carbonyl (C=O) groups is 2. The van der Waals surface area contributed by atoms with E-state index in [9.17, 15) is 14.0 Å². The fraction of sp³-hybridized carbons (Fsp3) is 0.300. The summed E-state index contributed by atoms with van der Waals surface area (Å²) in [5.74, 6) is 0.478. The van der Waals surface area contributed by atoms with E-state index in [2.05, 4.69) is 25.8 Å². The molecule has 7 rings (SSSR count). The SMILES string of the molecule is COc1cc(-c2nccc(-c3cccc(NC(=O)c4nc5c(n4C)CCN(CCc4ccc(F)cc4)C5)c3Cl)c2Cl)ccc1CNC[C@@H]1CCC(=O)N1. The number of nitrogens with one attached hydrogen (secondary N) is 3. The van der Waals surface area contributed by atoms with Gasteiger partial charge in [0.15, 0.2) is 5.82 Å². The number of hydrogen-bond donors (Lipinski definition) is 3. The monoisotopic (exact) mass is 755 g/mol. The third kappa shape index (κ3) is 8.08. The Kier molecular flexibility index (Phi) is 11.1. The first-order valence-corrected chi connectivity index (χ1v) is 18.4. The predicted molar refractivity (Wildman–Crippen MR) is 205 cm³/mol. The van der Waals surface area contributed by atoms with Crippen LogP contribution in [-0.2, 0) is 37.8 Å². The number of rotatable bonds is 12. The van der Waals surface area contributed by atoms with E-state index in [-0.39, 0.29) is 23.7 Å². The number of carbonyl (C=O) groups excluding carboxylic acids is 2. The number of benzene rings is 3. The van der Waals surface area contributed by atoms with Gasteiger partial charge in [0, 0.05) is 92.8 Å². The Labute approximate surface area is 317 Å². The van der Waals surface area contributed by atoms with Crippen molar-refractivity contribution in [2.75, 3.05) is 32.1 Å². The first-order chi connectivity index (χ1) is 25.7. The number of aromatic nitrogens is 3. The summed E-state index contributed by atoms with van der Waals surface area (Å²) in [6.45, 7) is 3.53. The van der Waals surface area contributed by atoms with E-state index in [0.29, 0.717) is 70.2 Å². The fourth-order valence-corrected chi connectivity index (χ4v) is 7.63. The zero-order valence-corrected chi connectivity index (χ0v) is 31.0. The van der Waals surface area contributed by atoms with E-state index < -0.39 is 0 Å². The first kappa shape index (κ1) is 36.5. The molecule has 10 nitrogen and oxygen atoms in total. The van der Waals surface area contributed by atoms with E-state index in [1.807, 2.05) is 54.1 Å². The molecule has 1 atom stereocenters. The maximum absolute atomic E-state index is 13.6. The standard InChI is InChI=1S/C40H40Cl2FN7O3/c1-49-33-16-19-50(18-15-24-6-10-27(43)11-7-24)23-32(33)47-39(49)40(52)48-31-5-3-4-29(36(31)41)30-14-17-45-38(37(30)42)25-8-9-26(34(20-25)53-2)21-44-22-28-12-13-35(51)46-28/h3-11,14,17,20,28,44H,12-13,15-16,18-19,21-23H2,1-2H3,(H,46,51)(H,48,52)/t28-/m0/s1. The number of ether oxygens (including phenoxy) is 1. The van der Waals surface area contributed by atoms with Crippen LogP contribution in [-0.4, -0.2) is 64.0 Å². The highest BCUT2D eigenvalue weighted by atomic mass is 35.5. The maximum Gasteiger partial charge on any atom is 0.291 e. The summed E-state index contributed by atoms with van der Waals surface area (Å²) in [5, 5.41) is 10.1. The molecule has 0 unspecified atom stereocenters. The minimum atomic E-state index is -0.366. The molecule has 3 aromatic carbocycles. The average Bonchev–Trinajstić information content (AvgIpc) is 3.74. The minimum Gasteiger partial charge on any atom is -0.496 e. The number of halogens is 3.